The minimum atomic E-state index is -4.37. The smallest absolute Gasteiger partial charge is 0.422 e. The van der Waals surface area contributed by atoms with Gasteiger partial charge in [0.15, 0.2) is 12.6 Å². The van der Waals surface area contributed by atoms with Crippen molar-refractivity contribution in [2.45, 2.75) is 38.1 Å². The molecule has 1 heterocycles. The minimum Gasteiger partial charge on any atom is -0.484 e. The molecule has 2 rings (SSSR count). The van der Waals surface area contributed by atoms with Crippen LogP contribution in [-0.4, -0.2) is 69.4 Å². The van der Waals surface area contributed by atoms with Crippen molar-refractivity contribution in [2.75, 3.05) is 40.4 Å². The molecular weight excluding hydrogens is 528 g/mol. The molecule has 1 unspecified atom stereocenters. The molecule has 1 aromatic rings. The summed E-state index contributed by atoms with van der Waals surface area (Å²) in [6.07, 6.45) is -1.12. The lowest BCUT2D eigenvalue weighted by atomic mass is 10.1. The molecule has 11 heteroatoms. The van der Waals surface area contributed by atoms with Crippen LogP contribution in [0.2, 0.25) is 0 Å². The van der Waals surface area contributed by atoms with Gasteiger partial charge >= 0.3 is 6.18 Å². The third kappa shape index (κ3) is 11.4. The maximum atomic E-state index is 12.2. The maximum Gasteiger partial charge on any atom is 0.422 e. The van der Waals surface area contributed by atoms with Crippen molar-refractivity contribution in [3.63, 3.8) is 0 Å². The monoisotopic (exact) mass is 558 g/mol. The number of benzene rings is 1. The summed E-state index contributed by atoms with van der Waals surface area (Å²) in [5, 5.41) is 6.20. The van der Waals surface area contributed by atoms with Gasteiger partial charge in [-0.05, 0) is 37.0 Å². The van der Waals surface area contributed by atoms with Crippen molar-refractivity contribution in [3.8, 4) is 5.75 Å². The second kappa shape index (κ2) is 13.6. The topological polar surface area (TPSA) is 75.2 Å². The summed E-state index contributed by atoms with van der Waals surface area (Å²) in [5.41, 5.74) is 0.795. The van der Waals surface area contributed by atoms with Crippen LogP contribution in [0.4, 0.5) is 13.2 Å². The number of ether oxygens (including phenoxy) is 2. The number of aliphatic imine (C=N–C) groups is 1. The molecule has 1 amide bonds. The summed E-state index contributed by atoms with van der Waals surface area (Å²) < 4.78 is 47.1. The number of amides is 1. The number of nitrogens with zero attached hydrogens (tertiary/aromatic N) is 2. The van der Waals surface area contributed by atoms with Crippen LogP contribution in [0.1, 0.15) is 24.8 Å². The van der Waals surface area contributed by atoms with E-state index in [0.29, 0.717) is 12.5 Å². The van der Waals surface area contributed by atoms with E-state index in [0.717, 1.165) is 31.4 Å². The van der Waals surface area contributed by atoms with Gasteiger partial charge in [-0.2, -0.15) is 13.2 Å². The van der Waals surface area contributed by atoms with Gasteiger partial charge in [0.1, 0.15) is 5.75 Å². The molecule has 31 heavy (non-hydrogen) atoms. The number of carbonyl (C=O) groups excluding carboxylic acids is 1. The number of halogens is 4. The quantitative estimate of drug-likeness (QED) is 0.292. The van der Waals surface area contributed by atoms with E-state index in [4.69, 9.17) is 9.47 Å². The van der Waals surface area contributed by atoms with E-state index < -0.39 is 12.8 Å². The number of likely N-dealkylation sites (N-methyl/N-ethyl adjacent to an activating group) is 1. The predicted molar refractivity (Wildman–Crippen MR) is 123 cm³/mol. The molecular formula is C20H30F3IN4O3. The van der Waals surface area contributed by atoms with E-state index in [2.05, 4.69) is 15.6 Å². The van der Waals surface area contributed by atoms with Gasteiger partial charge in [0.25, 0.3) is 0 Å². The fourth-order valence-electron chi connectivity index (χ4n) is 2.70. The Morgan fingerprint density at radius 1 is 1.23 bits per heavy atom. The van der Waals surface area contributed by atoms with Crippen LogP contribution >= 0.6 is 24.0 Å². The first-order valence-electron chi connectivity index (χ1n) is 9.85. The minimum absolute atomic E-state index is 0. The highest BCUT2D eigenvalue weighted by molar-refractivity contribution is 14.0. The molecule has 0 aromatic heterocycles. The molecule has 1 atom stereocenters. The van der Waals surface area contributed by atoms with Crippen LogP contribution in [0.15, 0.2) is 29.3 Å². The zero-order chi connectivity index (χ0) is 22.0. The molecule has 0 bridgehead atoms. The van der Waals surface area contributed by atoms with Crippen LogP contribution < -0.4 is 15.4 Å². The van der Waals surface area contributed by atoms with Crippen LogP contribution in [0.3, 0.4) is 0 Å². The van der Waals surface area contributed by atoms with Gasteiger partial charge in [-0.1, -0.05) is 12.1 Å². The van der Waals surface area contributed by atoms with E-state index in [1.54, 1.807) is 26.2 Å². The van der Waals surface area contributed by atoms with Crippen molar-refractivity contribution < 1.29 is 27.4 Å². The molecule has 0 radical (unpaired) electrons. The van der Waals surface area contributed by atoms with Gasteiger partial charge in [-0.3, -0.25) is 4.79 Å². The second-order valence-corrected chi connectivity index (χ2v) is 7.22. The summed E-state index contributed by atoms with van der Waals surface area (Å²) in [5.74, 6) is 0.518. The third-order valence-corrected chi connectivity index (χ3v) is 4.42. The first-order valence-corrected chi connectivity index (χ1v) is 9.85. The maximum absolute atomic E-state index is 12.2. The normalized spacial score (nSPS) is 16.8. The first kappa shape index (κ1) is 27.3. The lowest BCUT2D eigenvalue weighted by molar-refractivity contribution is -0.153. The fraction of sp³-hybridized carbons (Fsp3) is 0.600. The van der Waals surface area contributed by atoms with E-state index in [1.807, 2.05) is 0 Å². The van der Waals surface area contributed by atoms with Gasteiger partial charge in [0, 0.05) is 27.2 Å². The van der Waals surface area contributed by atoms with E-state index in [1.165, 1.54) is 17.0 Å². The summed E-state index contributed by atoms with van der Waals surface area (Å²) >= 11 is 0. The second-order valence-electron chi connectivity index (χ2n) is 7.22. The van der Waals surface area contributed by atoms with Crippen LogP contribution in [0.5, 0.6) is 5.75 Å². The molecule has 1 fully saturated rings. The van der Waals surface area contributed by atoms with Crippen LogP contribution in [0.25, 0.3) is 0 Å². The van der Waals surface area contributed by atoms with Gasteiger partial charge in [0.2, 0.25) is 5.91 Å². The Hall–Kier alpha value is -1.76. The predicted octanol–water partition coefficient (Wildman–Crippen LogP) is 2.94. The van der Waals surface area contributed by atoms with Gasteiger partial charge in [-0.25, -0.2) is 4.99 Å². The SMILES string of the molecule is CN(C)C(=O)CNC(=NCc1ccc(OCC(F)(F)F)cc1)NCC1CCCCO1.I. The van der Waals surface area contributed by atoms with E-state index >= 15 is 0 Å². The molecule has 7 nitrogen and oxygen atoms in total. The number of alkyl halides is 3. The lowest BCUT2D eigenvalue weighted by Crippen LogP contribution is -2.45. The highest BCUT2D eigenvalue weighted by Gasteiger charge is 2.28. The molecule has 0 aliphatic carbocycles. The molecule has 0 saturated carbocycles. The van der Waals surface area contributed by atoms with Gasteiger partial charge < -0.3 is 25.0 Å². The Balaban J connectivity index is 0.00000480. The lowest BCUT2D eigenvalue weighted by Gasteiger charge is -2.24. The van der Waals surface area contributed by atoms with Crippen LogP contribution in [0, 0.1) is 0 Å². The van der Waals surface area contributed by atoms with Crippen molar-refractivity contribution in [1.82, 2.24) is 15.5 Å². The molecule has 1 aliphatic heterocycles. The summed E-state index contributed by atoms with van der Waals surface area (Å²) in [4.78, 5) is 17.8. The Labute approximate surface area is 197 Å². The number of nitrogens with one attached hydrogen (secondary N) is 2. The fourth-order valence-corrected chi connectivity index (χ4v) is 2.70. The Kier molecular flexibility index (Phi) is 12.0. The van der Waals surface area contributed by atoms with Gasteiger partial charge in [0.05, 0.1) is 19.2 Å². The largest absolute Gasteiger partial charge is 0.484 e. The van der Waals surface area contributed by atoms with E-state index in [9.17, 15) is 18.0 Å². The Morgan fingerprint density at radius 2 is 1.94 bits per heavy atom. The highest BCUT2D eigenvalue weighted by atomic mass is 127. The molecule has 176 valence electrons. The Morgan fingerprint density at radius 3 is 2.52 bits per heavy atom. The number of carbonyl (C=O) groups is 1. The number of rotatable bonds is 8. The molecule has 1 saturated heterocycles. The average Bonchev–Trinajstić information content (AvgIpc) is 2.72. The van der Waals surface area contributed by atoms with Crippen LogP contribution in [-0.2, 0) is 16.1 Å². The zero-order valence-corrected chi connectivity index (χ0v) is 20.0. The van der Waals surface area contributed by atoms with Crippen molar-refractivity contribution >= 4 is 35.8 Å². The molecule has 1 aromatic carbocycles. The summed E-state index contributed by atoms with van der Waals surface area (Å²) in [6.45, 7) is 0.372. The van der Waals surface area contributed by atoms with Crippen molar-refractivity contribution in [2.24, 2.45) is 4.99 Å². The highest BCUT2D eigenvalue weighted by Crippen LogP contribution is 2.19. The van der Waals surface area contributed by atoms with Gasteiger partial charge in [-0.15, -0.1) is 24.0 Å². The summed E-state index contributed by atoms with van der Waals surface area (Å²) in [7, 11) is 3.35. The van der Waals surface area contributed by atoms with E-state index in [-0.39, 0.29) is 54.8 Å². The summed E-state index contributed by atoms with van der Waals surface area (Å²) in [6, 6.07) is 6.26. The molecule has 1 aliphatic rings. The number of hydrogen-bond donors (Lipinski definition) is 2. The number of hydrogen-bond acceptors (Lipinski definition) is 4. The molecule has 2 N–H and O–H groups in total. The van der Waals surface area contributed by atoms with Crippen molar-refractivity contribution in [3.05, 3.63) is 29.8 Å². The Bertz CT molecular complexity index is 694. The molecule has 0 spiro atoms. The zero-order valence-electron chi connectivity index (χ0n) is 17.7. The van der Waals surface area contributed by atoms with Crippen molar-refractivity contribution in [1.29, 1.82) is 0 Å². The number of guanidine groups is 1. The standard InChI is InChI=1S/C20H29F3N4O3.HI/c1-27(2)18(28)13-26-19(25-12-17-5-3-4-10-29-17)24-11-15-6-8-16(9-7-15)30-14-20(21,22)23;/h6-9,17H,3-5,10-14H2,1-2H3,(H2,24,25,26);1H. The first-order chi connectivity index (χ1) is 14.2. The third-order valence-electron chi connectivity index (χ3n) is 4.42. The average molecular weight is 558 g/mol.